The molecule has 1 saturated heterocycles. The Morgan fingerprint density at radius 1 is 1.14 bits per heavy atom. The lowest BCUT2D eigenvalue weighted by Gasteiger charge is -2.25. The van der Waals surface area contributed by atoms with Crippen LogP contribution in [0.25, 0.3) is 21.9 Å². The van der Waals surface area contributed by atoms with E-state index in [2.05, 4.69) is 20.0 Å². The number of phosphoric ester groups is 1. The van der Waals surface area contributed by atoms with Gasteiger partial charge in [0.05, 0.1) is 19.0 Å². The van der Waals surface area contributed by atoms with Crippen molar-refractivity contribution < 1.29 is 46.0 Å². The molecule has 4 N–H and O–H groups in total. The Morgan fingerprint density at radius 2 is 1.88 bits per heavy atom. The van der Waals surface area contributed by atoms with Crippen LogP contribution in [0.4, 0.5) is 10.2 Å². The van der Waals surface area contributed by atoms with Crippen molar-refractivity contribution in [3.8, 4) is 5.75 Å². The number of carbonyl (C=O) groups is 1. The van der Waals surface area contributed by atoms with Gasteiger partial charge in [-0.1, -0.05) is 66.7 Å². The van der Waals surface area contributed by atoms with E-state index in [1.165, 1.54) is 23.9 Å². The summed E-state index contributed by atoms with van der Waals surface area (Å²) in [5.74, 6) is -0.830. The maximum Gasteiger partial charge on any atom is 0.481 e. The Kier molecular flexibility index (Phi) is 10.3. The number of halogens is 2. The van der Waals surface area contributed by atoms with Crippen LogP contribution in [0, 0.1) is 0 Å². The van der Waals surface area contributed by atoms with Crippen LogP contribution in [0.3, 0.4) is 0 Å². The van der Waals surface area contributed by atoms with Crippen molar-refractivity contribution in [3.63, 3.8) is 0 Å². The average Bonchev–Trinajstić information content (AvgIpc) is 3.65. The maximum absolute atomic E-state index is 15.2. The molecule has 3 unspecified atom stereocenters. The van der Waals surface area contributed by atoms with Gasteiger partial charge in [0.25, 0.3) is 0 Å². The van der Waals surface area contributed by atoms with E-state index >= 15 is 4.39 Å². The van der Waals surface area contributed by atoms with Crippen LogP contribution in [0.2, 0.25) is 5.28 Å². The summed E-state index contributed by atoms with van der Waals surface area (Å²) in [5.41, 5.74) is 6.84. The number of carbonyl (C=O) groups excluding carboxylic acids is 1. The van der Waals surface area contributed by atoms with Gasteiger partial charge in [0.2, 0.25) is 5.28 Å². The van der Waals surface area contributed by atoms with Gasteiger partial charge in [0.15, 0.2) is 17.7 Å². The van der Waals surface area contributed by atoms with E-state index in [4.69, 9.17) is 40.2 Å². The van der Waals surface area contributed by atoms with Gasteiger partial charge in [-0.15, -0.1) is 0 Å². The lowest BCUT2D eigenvalue weighted by Crippen LogP contribution is -2.35. The fourth-order valence-electron chi connectivity index (χ4n) is 5.10. The standard InChI is InChI=1S/C30H30ClFN6O9P2/c1-18(29(39)43-15-19-8-3-2-4-9-19)37-48(40,46-24-13-7-11-20-10-5-6-12-22(20)24)47-49(41,42)44-16-21-14-23(32)28(45-21)38-17-34-25-26(33)35-30(31)36-27(25)38/h2-13,17-18,21,23,28H,14-16H2,1H3,(H,37,40)(H,41,42)(H2,33,35,36)/t18-,21-,23+,28?,48?/m0/s1. The molecule has 258 valence electrons. The second kappa shape index (κ2) is 14.5. The van der Waals surface area contributed by atoms with Gasteiger partial charge in [0.1, 0.15) is 30.1 Å². The molecule has 2 aromatic heterocycles. The number of nitrogens with zero attached hydrogens (tertiary/aromatic N) is 4. The molecule has 1 aliphatic heterocycles. The molecule has 3 aromatic carbocycles. The van der Waals surface area contributed by atoms with Crippen molar-refractivity contribution in [1.29, 1.82) is 0 Å². The number of anilines is 1. The topological polar surface area (TPSA) is 199 Å². The number of nitrogens with one attached hydrogen (secondary N) is 1. The summed E-state index contributed by atoms with van der Waals surface area (Å²) in [5, 5.41) is 3.41. The quantitative estimate of drug-likeness (QED) is 0.0735. The number of hydrogen-bond acceptors (Lipinski definition) is 12. The van der Waals surface area contributed by atoms with Gasteiger partial charge in [-0.3, -0.25) is 13.9 Å². The average molecular weight is 735 g/mol. The number of aromatic nitrogens is 4. The zero-order valence-electron chi connectivity index (χ0n) is 25.7. The van der Waals surface area contributed by atoms with Crippen molar-refractivity contribution in [3.05, 3.63) is 90.0 Å². The summed E-state index contributed by atoms with van der Waals surface area (Å²) in [4.78, 5) is 35.5. The van der Waals surface area contributed by atoms with Gasteiger partial charge >= 0.3 is 21.5 Å². The monoisotopic (exact) mass is 734 g/mol. The SMILES string of the molecule is C[C@H](NP(=O)(Oc1cccc2ccccc12)OP(=O)(O)OC[C@@H]1C[C@@H](F)C(n2cnc3c(N)nc(Cl)nc32)O1)C(=O)OCc1ccccc1. The van der Waals surface area contributed by atoms with Crippen molar-refractivity contribution >= 4 is 60.9 Å². The third-order valence-electron chi connectivity index (χ3n) is 7.36. The number of phosphoric acid groups is 1. The van der Waals surface area contributed by atoms with Crippen LogP contribution in [0.5, 0.6) is 5.75 Å². The molecule has 6 rings (SSSR count). The molecule has 1 fully saturated rings. The number of ether oxygens (including phenoxy) is 2. The lowest BCUT2D eigenvalue weighted by atomic mass is 10.1. The number of nitrogen functional groups attached to an aromatic ring is 1. The third kappa shape index (κ3) is 8.26. The summed E-state index contributed by atoms with van der Waals surface area (Å²) in [6, 6.07) is 19.3. The van der Waals surface area contributed by atoms with Crippen LogP contribution in [-0.4, -0.2) is 55.3 Å². The molecule has 0 amide bonds. The van der Waals surface area contributed by atoms with Crippen LogP contribution in [-0.2, 0) is 38.8 Å². The minimum atomic E-state index is -5.24. The first kappa shape index (κ1) is 34.9. The van der Waals surface area contributed by atoms with E-state index < -0.39 is 52.7 Å². The Balaban J connectivity index is 1.16. The molecular weight excluding hydrogens is 705 g/mol. The fourth-order valence-corrected chi connectivity index (χ4v) is 8.27. The van der Waals surface area contributed by atoms with Gasteiger partial charge in [0, 0.05) is 11.8 Å². The highest BCUT2D eigenvalue weighted by molar-refractivity contribution is 7.63. The molecular formula is C30H30ClFN6O9P2. The predicted octanol–water partition coefficient (Wildman–Crippen LogP) is 5.88. The minimum absolute atomic E-state index is 0.0112. The molecule has 0 radical (unpaired) electrons. The van der Waals surface area contributed by atoms with Gasteiger partial charge in [-0.2, -0.15) is 19.4 Å². The van der Waals surface area contributed by atoms with Crippen molar-refractivity contribution in [2.45, 2.75) is 44.5 Å². The van der Waals surface area contributed by atoms with E-state index in [0.717, 1.165) is 0 Å². The van der Waals surface area contributed by atoms with Crippen LogP contribution in [0.1, 0.15) is 25.1 Å². The van der Waals surface area contributed by atoms with E-state index in [1.54, 1.807) is 66.7 Å². The second-order valence-corrected chi connectivity index (χ2v) is 14.6. The molecule has 15 nitrogen and oxygen atoms in total. The number of alkyl halides is 1. The maximum atomic E-state index is 15.2. The van der Waals surface area contributed by atoms with Gasteiger partial charge in [-0.05, 0) is 35.5 Å². The molecule has 5 aromatic rings. The first-order valence-electron chi connectivity index (χ1n) is 14.8. The third-order valence-corrected chi connectivity index (χ3v) is 10.8. The first-order valence-corrected chi connectivity index (χ1v) is 18.2. The van der Waals surface area contributed by atoms with E-state index in [0.29, 0.717) is 16.3 Å². The molecule has 0 bridgehead atoms. The molecule has 19 heteroatoms. The Hall–Kier alpha value is -3.98. The number of hydrogen-bond donors (Lipinski definition) is 3. The highest BCUT2D eigenvalue weighted by atomic mass is 35.5. The lowest BCUT2D eigenvalue weighted by molar-refractivity contribution is -0.146. The second-order valence-electron chi connectivity index (χ2n) is 11.0. The fraction of sp³-hybridized carbons (Fsp3) is 0.267. The highest BCUT2D eigenvalue weighted by Gasteiger charge is 2.43. The Bertz CT molecular complexity index is 2070. The summed E-state index contributed by atoms with van der Waals surface area (Å²) >= 11 is 5.91. The molecule has 0 aliphatic carbocycles. The van der Waals surface area contributed by atoms with Crippen molar-refractivity contribution in [2.75, 3.05) is 12.3 Å². The number of nitrogens with two attached hydrogens (primary N) is 1. The number of fused-ring (bicyclic) bond motifs is 2. The molecule has 49 heavy (non-hydrogen) atoms. The van der Waals surface area contributed by atoms with E-state index in [9.17, 15) is 18.8 Å². The summed E-state index contributed by atoms with van der Waals surface area (Å²) in [6.45, 7) is 0.583. The van der Waals surface area contributed by atoms with Crippen LogP contribution >= 0.6 is 27.2 Å². The molecule has 6 atom stereocenters. The molecule has 1 aliphatic rings. The largest absolute Gasteiger partial charge is 0.481 e. The summed E-state index contributed by atoms with van der Waals surface area (Å²) in [7, 11) is -10.1. The zero-order chi connectivity index (χ0) is 34.8. The predicted molar refractivity (Wildman–Crippen MR) is 176 cm³/mol. The number of esters is 1. The highest BCUT2D eigenvalue weighted by Crippen LogP contribution is 2.61. The first-order chi connectivity index (χ1) is 23.4. The molecule has 3 heterocycles. The van der Waals surface area contributed by atoms with Crippen LogP contribution in [0.15, 0.2) is 79.1 Å². The Morgan fingerprint density at radius 3 is 2.67 bits per heavy atom. The number of benzene rings is 3. The minimum Gasteiger partial charge on any atom is -0.460 e. The summed E-state index contributed by atoms with van der Waals surface area (Å²) in [6.07, 6.45) is -2.94. The van der Waals surface area contributed by atoms with Crippen molar-refractivity contribution in [1.82, 2.24) is 24.6 Å². The normalized spacial score (nSPS) is 20.9. The van der Waals surface area contributed by atoms with Gasteiger partial charge in [-0.25, -0.2) is 18.5 Å². The molecule has 0 saturated carbocycles. The van der Waals surface area contributed by atoms with E-state index in [-0.39, 0.29) is 41.0 Å². The van der Waals surface area contributed by atoms with Crippen LogP contribution < -0.4 is 15.3 Å². The number of imidazole rings is 1. The Labute approximate surface area is 283 Å². The van der Waals surface area contributed by atoms with Crippen molar-refractivity contribution in [2.24, 2.45) is 0 Å². The molecule has 0 spiro atoms. The summed E-state index contributed by atoms with van der Waals surface area (Å²) < 4.78 is 70.9. The van der Waals surface area contributed by atoms with Gasteiger partial charge < -0.3 is 24.6 Å². The number of rotatable bonds is 13. The smallest absolute Gasteiger partial charge is 0.460 e. The zero-order valence-corrected chi connectivity index (χ0v) is 28.2. The van der Waals surface area contributed by atoms with E-state index in [1.807, 2.05) is 0 Å².